The van der Waals surface area contributed by atoms with Crippen LogP contribution in [0.4, 0.5) is 0 Å². The van der Waals surface area contributed by atoms with Crippen LogP contribution in [0.15, 0.2) is 54.6 Å². The molecule has 3 nitrogen and oxygen atoms in total. The largest absolute Gasteiger partial charge is 0.436 e. The second kappa shape index (κ2) is 7.44. The van der Waals surface area contributed by atoms with Gasteiger partial charge in [-0.3, -0.25) is 0 Å². The zero-order valence-electron chi connectivity index (χ0n) is 11.4. The van der Waals surface area contributed by atoms with Crippen LogP contribution in [0.25, 0.3) is 0 Å². The number of hydrogen-bond donors (Lipinski definition) is 0. The Morgan fingerprint density at radius 1 is 1.05 bits per heavy atom. The molecule has 19 heavy (non-hydrogen) atoms. The molecular formula is C15H20NO2P. The lowest BCUT2D eigenvalue weighted by molar-refractivity contribution is 0.251. The van der Waals surface area contributed by atoms with Crippen molar-refractivity contribution < 1.29 is 9.05 Å². The number of nitrogens with zero attached hydrogens (tertiary/aromatic N) is 1. The van der Waals surface area contributed by atoms with Gasteiger partial charge in [0.15, 0.2) is 0 Å². The standard InChI is InChI=1S/C15H20NO2P/c1-3-16(4-2)19(18-15-12-8-9-13-15)17-14-10-6-5-7-11-14/h5-13,15H,3-4H2,1-2H3. The summed E-state index contributed by atoms with van der Waals surface area (Å²) in [6.07, 6.45) is 8.10. The van der Waals surface area contributed by atoms with Gasteiger partial charge in [-0.1, -0.05) is 56.4 Å². The van der Waals surface area contributed by atoms with Crippen molar-refractivity contribution in [3.63, 3.8) is 0 Å². The Morgan fingerprint density at radius 2 is 1.68 bits per heavy atom. The van der Waals surface area contributed by atoms with Gasteiger partial charge in [0.25, 0.3) is 0 Å². The predicted octanol–water partition coefficient (Wildman–Crippen LogP) is 4.15. The van der Waals surface area contributed by atoms with Crippen molar-refractivity contribution in [2.75, 3.05) is 13.1 Å². The Kier molecular flexibility index (Phi) is 5.59. The number of allylic oxidation sites excluding steroid dienone is 2. The quantitative estimate of drug-likeness (QED) is 0.699. The Labute approximate surface area is 116 Å². The van der Waals surface area contributed by atoms with Crippen molar-refractivity contribution in [2.45, 2.75) is 20.0 Å². The van der Waals surface area contributed by atoms with Crippen LogP contribution < -0.4 is 4.52 Å². The van der Waals surface area contributed by atoms with E-state index < -0.39 is 8.53 Å². The van der Waals surface area contributed by atoms with Crippen LogP contribution in [-0.2, 0) is 4.52 Å². The van der Waals surface area contributed by atoms with E-state index in [4.69, 9.17) is 9.05 Å². The summed E-state index contributed by atoms with van der Waals surface area (Å²) < 4.78 is 14.3. The van der Waals surface area contributed by atoms with Gasteiger partial charge in [-0.2, -0.15) is 0 Å². The second-order valence-electron chi connectivity index (χ2n) is 4.12. The molecule has 0 radical (unpaired) electrons. The summed E-state index contributed by atoms with van der Waals surface area (Å²) in [4.78, 5) is 0. The molecule has 0 saturated heterocycles. The maximum atomic E-state index is 6.05. The van der Waals surface area contributed by atoms with E-state index in [0.717, 1.165) is 18.8 Å². The average Bonchev–Trinajstić information content (AvgIpc) is 2.94. The third-order valence-electron chi connectivity index (χ3n) is 2.81. The third kappa shape index (κ3) is 4.17. The van der Waals surface area contributed by atoms with E-state index in [1.807, 2.05) is 54.6 Å². The molecule has 1 aromatic rings. The molecule has 2 rings (SSSR count). The SMILES string of the molecule is CCN(CC)P(Oc1ccccc1)OC1C=CC=C1. The van der Waals surface area contributed by atoms with Crippen molar-refractivity contribution in [1.29, 1.82) is 0 Å². The summed E-state index contributed by atoms with van der Waals surface area (Å²) in [6.45, 7) is 6.07. The summed E-state index contributed by atoms with van der Waals surface area (Å²) in [5.74, 6) is 0.853. The normalized spacial score (nSPS) is 16.2. The van der Waals surface area contributed by atoms with Gasteiger partial charge in [0.1, 0.15) is 11.9 Å². The van der Waals surface area contributed by atoms with E-state index in [9.17, 15) is 0 Å². The molecule has 0 aromatic heterocycles. The first-order valence-corrected chi connectivity index (χ1v) is 7.76. The van der Waals surface area contributed by atoms with Gasteiger partial charge in [-0.15, -0.1) is 0 Å². The minimum atomic E-state index is -1.08. The summed E-state index contributed by atoms with van der Waals surface area (Å²) in [5, 5.41) is 0. The second-order valence-corrected chi connectivity index (χ2v) is 5.56. The van der Waals surface area contributed by atoms with Crippen molar-refractivity contribution in [1.82, 2.24) is 4.67 Å². The molecule has 1 aliphatic carbocycles. The van der Waals surface area contributed by atoms with Gasteiger partial charge in [0, 0.05) is 13.1 Å². The van der Waals surface area contributed by atoms with E-state index in [2.05, 4.69) is 18.5 Å². The van der Waals surface area contributed by atoms with Crippen LogP contribution in [0.1, 0.15) is 13.8 Å². The molecule has 1 unspecified atom stereocenters. The van der Waals surface area contributed by atoms with Crippen molar-refractivity contribution in [3.8, 4) is 5.75 Å². The van der Waals surface area contributed by atoms with E-state index in [1.54, 1.807) is 0 Å². The van der Waals surface area contributed by atoms with E-state index in [-0.39, 0.29) is 6.10 Å². The van der Waals surface area contributed by atoms with Crippen LogP contribution in [-0.4, -0.2) is 23.9 Å². The molecule has 0 saturated carbocycles. The van der Waals surface area contributed by atoms with E-state index in [1.165, 1.54) is 0 Å². The molecule has 0 amide bonds. The van der Waals surface area contributed by atoms with Crippen molar-refractivity contribution >= 4 is 8.53 Å². The predicted molar refractivity (Wildman–Crippen MR) is 80.1 cm³/mol. The number of hydrogen-bond acceptors (Lipinski definition) is 3. The lowest BCUT2D eigenvalue weighted by Crippen LogP contribution is -2.22. The molecule has 0 spiro atoms. The lowest BCUT2D eigenvalue weighted by atomic mass is 10.3. The third-order valence-corrected chi connectivity index (χ3v) is 4.63. The summed E-state index contributed by atoms with van der Waals surface area (Å²) in [7, 11) is -1.08. The molecule has 0 fully saturated rings. The molecular weight excluding hydrogens is 257 g/mol. The first kappa shape index (κ1) is 14.3. The fourth-order valence-electron chi connectivity index (χ4n) is 1.76. The fourth-order valence-corrected chi connectivity index (χ4v) is 3.16. The average molecular weight is 277 g/mol. The molecule has 0 N–H and O–H groups in total. The fraction of sp³-hybridized carbons (Fsp3) is 0.333. The molecule has 1 atom stereocenters. The minimum Gasteiger partial charge on any atom is -0.436 e. The molecule has 1 aliphatic rings. The highest BCUT2D eigenvalue weighted by Gasteiger charge is 2.23. The van der Waals surface area contributed by atoms with Crippen LogP contribution >= 0.6 is 8.53 Å². The Balaban J connectivity index is 2.04. The highest BCUT2D eigenvalue weighted by molar-refractivity contribution is 7.45. The summed E-state index contributed by atoms with van der Waals surface area (Å²) in [5.41, 5.74) is 0. The number of benzene rings is 1. The highest BCUT2D eigenvalue weighted by atomic mass is 31.2. The smallest absolute Gasteiger partial charge is 0.321 e. The van der Waals surface area contributed by atoms with Gasteiger partial charge in [-0.25, -0.2) is 4.67 Å². The van der Waals surface area contributed by atoms with Gasteiger partial charge in [-0.05, 0) is 12.1 Å². The Bertz CT molecular complexity index is 417. The Hall–Kier alpha value is -1.15. The molecule has 4 heteroatoms. The first-order chi connectivity index (χ1) is 9.33. The molecule has 0 aliphatic heterocycles. The monoisotopic (exact) mass is 277 g/mol. The molecule has 0 bridgehead atoms. The van der Waals surface area contributed by atoms with Crippen LogP contribution in [0.2, 0.25) is 0 Å². The van der Waals surface area contributed by atoms with Crippen molar-refractivity contribution in [2.24, 2.45) is 0 Å². The number of para-hydroxylation sites is 1. The molecule has 102 valence electrons. The van der Waals surface area contributed by atoms with Crippen LogP contribution in [0, 0.1) is 0 Å². The Morgan fingerprint density at radius 3 is 2.26 bits per heavy atom. The van der Waals surface area contributed by atoms with Gasteiger partial charge in [0.2, 0.25) is 0 Å². The maximum Gasteiger partial charge on any atom is 0.321 e. The molecule has 1 aromatic carbocycles. The van der Waals surface area contributed by atoms with E-state index in [0.29, 0.717) is 0 Å². The number of rotatable bonds is 7. The van der Waals surface area contributed by atoms with Crippen LogP contribution in [0.5, 0.6) is 5.75 Å². The van der Waals surface area contributed by atoms with E-state index >= 15 is 0 Å². The zero-order chi connectivity index (χ0) is 13.5. The topological polar surface area (TPSA) is 21.7 Å². The minimum absolute atomic E-state index is 0.0235. The lowest BCUT2D eigenvalue weighted by Gasteiger charge is -2.28. The van der Waals surface area contributed by atoms with Gasteiger partial charge < -0.3 is 9.05 Å². The maximum absolute atomic E-state index is 6.05. The first-order valence-electron chi connectivity index (χ1n) is 6.63. The van der Waals surface area contributed by atoms with Gasteiger partial charge in [0.05, 0.1) is 0 Å². The summed E-state index contributed by atoms with van der Waals surface area (Å²) >= 11 is 0. The van der Waals surface area contributed by atoms with Crippen molar-refractivity contribution in [3.05, 3.63) is 54.6 Å². The summed E-state index contributed by atoms with van der Waals surface area (Å²) in [6, 6.07) is 9.85. The van der Waals surface area contributed by atoms with Crippen LogP contribution in [0.3, 0.4) is 0 Å². The highest BCUT2D eigenvalue weighted by Crippen LogP contribution is 2.44. The molecule has 0 heterocycles. The van der Waals surface area contributed by atoms with Gasteiger partial charge >= 0.3 is 8.53 Å². The zero-order valence-corrected chi connectivity index (χ0v) is 12.3.